The van der Waals surface area contributed by atoms with Crippen LogP contribution in [0.5, 0.6) is 5.75 Å². The Balaban J connectivity index is 2.79. The fraction of sp³-hybridized carbons (Fsp3) is 0.429. The molecular weight excluding hydrogens is 260 g/mol. The van der Waals surface area contributed by atoms with Crippen LogP contribution in [0.1, 0.15) is 31.1 Å². The quantitative estimate of drug-likeness (QED) is 0.581. The van der Waals surface area contributed by atoms with Crippen molar-refractivity contribution in [3.05, 3.63) is 23.8 Å². The van der Waals surface area contributed by atoms with Crippen molar-refractivity contribution in [1.82, 2.24) is 5.32 Å². The molecule has 0 unspecified atom stereocenters. The van der Waals surface area contributed by atoms with E-state index in [0.717, 1.165) is 0 Å². The van der Waals surface area contributed by atoms with Crippen LogP contribution in [-0.2, 0) is 4.74 Å². The first-order valence-electron chi connectivity index (χ1n) is 6.24. The fourth-order valence-electron chi connectivity index (χ4n) is 1.49. The van der Waals surface area contributed by atoms with E-state index in [2.05, 4.69) is 10.6 Å². The maximum atomic E-state index is 11.6. The molecule has 0 atom stereocenters. The van der Waals surface area contributed by atoms with Crippen LogP contribution < -0.4 is 10.6 Å². The number of nitrogens with one attached hydrogen (secondary N) is 2. The summed E-state index contributed by atoms with van der Waals surface area (Å²) in [6, 6.07) is 4.31. The third-order valence-corrected chi connectivity index (χ3v) is 2.29. The first kappa shape index (κ1) is 16.0. The van der Waals surface area contributed by atoms with E-state index < -0.39 is 11.7 Å². The van der Waals surface area contributed by atoms with Crippen LogP contribution in [0.4, 0.5) is 10.5 Å². The largest absolute Gasteiger partial charge is 0.506 e. The second kappa shape index (κ2) is 6.38. The molecule has 0 bridgehead atoms. The van der Waals surface area contributed by atoms with Crippen molar-refractivity contribution in [3.63, 3.8) is 0 Å². The molecule has 0 aliphatic rings. The van der Waals surface area contributed by atoms with Crippen LogP contribution >= 0.6 is 0 Å². The number of aromatic hydroxyl groups is 1. The Morgan fingerprint density at radius 2 is 1.95 bits per heavy atom. The summed E-state index contributed by atoms with van der Waals surface area (Å²) >= 11 is 0. The van der Waals surface area contributed by atoms with Gasteiger partial charge in [-0.15, -0.1) is 0 Å². The number of hydrogen-bond acceptors (Lipinski definition) is 5. The molecule has 3 N–H and O–H groups in total. The molecule has 1 amide bonds. The highest BCUT2D eigenvalue weighted by Gasteiger charge is 2.17. The number of phenolic OH excluding ortho intramolecular Hbond substituents is 1. The monoisotopic (exact) mass is 280 g/mol. The number of amides is 1. The van der Waals surface area contributed by atoms with E-state index in [1.165, 1.54) is 18.2 Å². The van der Waals surface area contributed by atoms with Crippen molar-refractivity contribution < 1.29 is 19.4 Å². The van der Waals surface area contributed by atoms with Gasteiger partial charge in [-0.25, -0.2) is 4.79 Å². The molecule has 0 spiro atoms. The summed E-state index contributed by atoms with van der Waals surface area (Å²) in [6.07, 6.45) is -0.665. The number of Topliss-reactive ketones (excluding diaryl/α,β-unsaturated/α-hetero) is 1. The van der Waals surface area contributed by atoms with Crippen LogP contribution in [0.15, 0.2) is 18.2 Å². The maximum absolute atomic E-state index is 11.6. The van der Waals surface area contributed by atoms with E-state index in [0.29, 0.717) is 5.56 Å². The summed E-state index contributed by atoms with van der Waals surface area (Å²) in [5.41, 5.74) is -0.0607. The van der Waals surface area contributed by atoms with Crippen molar-refractivity contribution in [2.45, 2.75) is 26.4 Å². The molecule has 0 aliphatic carbocycles. The smallest absolute Gasteiger partial charge is 0.412 e. The van der Waals surface area contributed by atoms with Gasteiger partial charge < -0.3 is 15.2 Å². The predicted octanol–water partition coefficient (Wildman–Crippen LogP) is 2.14. The molecule has 1 rings (SSSR count). The molecule has 0 saturated carbocycles. The van der Waals surface area contributed by atoms with E-state index in [-0.39, 0.29) is 23.8 Å². The molecule has 110 valence electrons. The van der Waals surface area contributed by atoms with Gasteiger partial charge in [0.15, 0.2) is 5.78 Å². The van der Waals surface area contributed by atoms with Gasteiger partial charge in [0.1, 0.15) is 11.4 Å². The lowest BCUT2D eigenvalue weighted by Crippen LogP contribution is -2.27. The molecule has 0 radical (unpaired) electrons. The van der Waals surface area contributed by atoms with Crippen molar-refractivity contribution >= 4 is 17.6 Å². The summed E-state index contributed by atoms with van der Waals surface area (Å²) < 4.78 is 5.07. The number of carbonyl (C=O) groups excluding carboxylic acids is 2. The SMILES string of the molecule is CNCC(=O)c1ccc(NC(=O)OC(C)(C)C)c(O)c1. The van der Waals surface area contributed by atoms with Gasteiger partial charge in [-0.2, -0.15) is 0 Å². The number of benzene rings is 1. The molecule has 0 aromatic heterocycles. The van der Waals surface area contributed by atoms with Gasteiger partial charge >= 0.3 is 6.09 Å². The standard InChI is InChI=1S/C14H20N2O4/c1-14(2,3)20-13(19)16-10-6-5-9(7-11(10)17)12(18)8-15-4/h5-7,15,17H,8H2,1-4H3,(H,16,19). The van der Waals surface area contributed by atoms with E-state index in [4.69, 9.17) is 4.74 Å². The number of likely N-dealkylation sites (N-methyl/N-ethyl adjacent to an activating group) is 1. The minimum Gasteiger partial charge on any atom is -0.506 e. The minimum absolute atomic E-state index is 0.147. The topological polar surface area (TPSA) is 87.7 Å². The summed E-state index contributed by atoms with van der Waals surface area (Å²) in [5.74, 6) is -0.329. The van der Waals surface area contributed by atoms with Gasteiger partial charge in [0.25, 0.3) is 0 Å². The summed E-state index contributed by atoms with van der Waals surface area (Å²) in [4.78, 5) is 23.2. The van der Waals surface area contributed by atoms with Gasteiger partial charge in [0.05, 0.1) is 12.2 Å². The highest BCUT2D eigenvalue weighted by atomic mass is 16.6. The number of ketones is 1. The number of hydrogen-bond donors (Lipinski definition) is 3. The van der Waals surface area contributed by atoms with Crippen molar-refractivity contribution in [2.24, 2.45) is 0 Å². The highest BCUT2D eigenvalue weighted by Crippen LogP contribution is 2.25. The Morgan fingerprint density at radius 1 is 1.30 bits per heavy atom. The van der Waals surface area contributed by atoms with Crippen LogP contribution in [-0.4, -0.2) is 36.2 Å². The van der Waals surface area contributed by atoms with Crippen molar-refractivity contribution in [3.8, 4) is 5.75 Å². The average molecular weight is 280 g/mol. The Morgan fingerprint density at radius 3 is 2.45 bits per heavy atom. The molecule has 6 nitrogen and oxygen atoms in total. The number of phenols is 1. The van der Waals surface area contributed by atoms with Crippen LogP contribution in [0.3, 0.4) is 0 Å². The molecule has 0 saturated heterocycles. The lowest BCUT2D eigenvalue weighted by atomic mass is 10.1. The van der Waals surface area contributed by atoms with Gasteiger partial charge in [-0.1, -0.05) is 0 Å². The zero-order valence-corrected chi connectivity index (χ0v) is 12.1. The van der Waals surface area contributed by atoms with Crippen molar-refractivity contribution in [2.75, 3.05) is 18.9 Å². The average Bonchev–Trinajstić information content (AvgIpc) is 2.29. The lowest BCUT2D eigenvalue weighted by molar-refractivity contribution is 0.0635. The van der Waals surface area contributed by atoms with E-state index in [1.807, 2.05) is 0 Å². The zero-order chi connectivity index (χ0) is 15.3. The van der Waals surface area contributed by atoms with Crippen LogP contribution in [0.2, 0.25) is 0 Å². The summed E-state index contributed by atoms with van der Waals surface area (Å²) in [5, 5.41) is 15.0. The first-order valence-corrected chi connectivity index (χ1v) is 6.24. The van der Waals surface area contributed by atoms with Crippen molar-refractivity contribution in [1.29, 1.82) is 0 Å². The van der Waals surface area contributed by atoms with Crippen LogP contribution in [0, 0.1) is 0 Å². The molecule has 1 aromatic rings. The zero-order valence-electron chi connectivity index (χ0n) is 12.1. The molecule has 0 fully saturated rings. The van der Waals surface area contributed by atoms with E-state index in [1.54, 1.807) is 27.8 Å². The lowest BCUT2D eigenvalue weighted by Gasteiger charge is -2.20. The Labute approximate surface area is 118 Å². The van der Waals surface area contributed by atoms with Gasteiger partial charge in [0, 0.05) is 5.56 Å². The fourth-order valence-corrected chi connectivity index (χ4v) is 1.49. The summed E-state index contributed by atoms with van der Waals surface area (Å²) in [6.45, 7) is 5.40. The Hall–Kier alpha value is -2.08. The molecule has 20 heavy (non-hydrogen) atoms. The third kappa shape index (κ3) is 4.89. The van der Waals surface area contributed by atoms with E-state index in [9.17, 15) is 14.7 Å². The van der Waals surface area contributed by atoms with E-state index >= 15 is 0 Å². The normalized spacial score (nSPS) is 11.0. The molecule has 1 aromatic carbocycles. The Bertz CT molecular complexity index is 506. The molecular formula is C14H20N2O4. The number of anilines is 1. The highest BCUT2D eigenvalue weighted by molar-refractivity contribution is 5.99. The predicted molar refractivity (Wildman–Crippen MR) is 76.2 cm³/mol. The number of ether oxygens (including phenoxy) is 1. The minimum atomic E-state index is -0.665. The van der Waals surface area contributed by atoms with Gasteiger partial charge in [-0.3, -0.25) is 10.1 Å². The molecule has 6 heteroatoms. The second-order valence-corrected chi connectivity index (χ2v) is 5.31. The van der Waals surface area contributed by atoms with Gasteiger partial charge in [0.2, 0.25) is 0 Å². The number of rotatable bonds is 4. The Kier molecular flexibility index (Phi) is 5.10. The van der Waals surface area contributed by atoms with Crippen LogP contribution in [0.25, 0.3) is 0 Å². The second-order valence-electron chi connectivity index (χ2n) is 5.31. The van der Waals surface area contributed by atoms with Gasteiger partial charge in [-0.05, 0) is 46.0 Å². The maximum Gasteiger partial charge on any atom is 0.412 e. The molecule has 0 heterocycles. The summed E-state index contributed by atoms with van der Waals surface area (Å²) in [7, 11) is 1.66. The number of carbonyl (C=O) groups is 2. The first-order chi connectivity index (χ1) is 9.23. The molecule has 0 aliphatic heterocycles. The third-order valence-electron chi connectivity index (χ3n) is 2.29.